The molecule has 10 heteroatoms. The lowest BCUT2D eigenvalue weighted by Crippen LogP contribution is -2.64. The van der Waals surface area contributed by atoms with Gasteiger partial charge in [0.2, 0.25) is 5.79 Å². The van der Waals surface area contributed by atoms with Crippen molar-refractivity contribution in [1.82, 2.24) is 5.32 Å². The normalized spacial score (nSPS) is 28.7. The van der Waals surface area contributed by atoms with E-state index in [0.717, 1.165) is 61.1 Å². The van der Waals surface area contributed by atoms with Crippen LogP contribution in [0, 0.1) is 17.8 Å². The molecule has 6 atom stereocenters. The number of benzene rings is 1. The molecule has 5 rings (SSSR count). The molecule has 9 nitrogen and oxygen atoms in total. The maximum atomic E-state index is 12.6. The van der Waals surface area contributed by atoms with Gasteiger partial charge in [0.25, 0.3) is 0 Å². The Labute approximate surface area is 297 Å². The molecule has 4 aliphatic rings. The molecule has 0 radical (unpaired) electrons. The van der Waals surface area contributed by atoms with Gasteiger partial charge in [0.15, 0.2) is 0 Å². The number of hydrogen-bond donors (Lipinski definition) is 3. The Kier molecular flexibility index (Phi) is 13.2. The second kappa shape index (κ2) is 17.1. The van der Waals surface area contributed by atoms with Gasteiger partial charge in [-0.25, -0.2) is 4.79 Å². The van der Waals surface area contributed by atoms with Gasteiger partial charge in [0.05, 0.1) is 23.5 Å². The first-order valence-electron chi connectivity index (χ1n) is 18.5. The number of allylic oxidation sites excluding steroid dienone is 1. The Morgan fingerprint density at radius 3 is 2.55 bits per heavy atom. The number of nitrogens with zero attached hydrogens (tertiary/aromatic N) is 1. The molecule has 1 amide bonds. The quantitative estimate of drug-likeness (QED) is 0.0906. The van der Waals surface area contributed by atoms with Crippen molar-refractivity contribution in [1.29, 1.82) is 0 Å². The first-order chi connectivity index (χ1) is 23.6. The number of thioether (sulfide) groups is 1. The molecule has 1 aromatic rings. The minimum Gasteiger partial charge on any atom is -0.460 e. The summed E-state index contributed by atoms with van der Waals surface area (Å²) in [5.41, 5.74) is 2.59. The van der Waals surface area contributed by atoms with E-state index in [9.17, 15) is 15.0 Å². The molecule has 2 saturated carbocycles. The second-order valence-electron chi connectivity index (χ2n) is 14.9. The van der Waals surface area contributed by atoms with Crippen molar-refractivity contribution >= 4 is 23.6 Å². The van der Waals surface area contributed by atoms with Crippen LogP contribution in [0.2, 0.25) is 0 Å². The van der Waals surface area contributed by atoms with E-state index in [0.29, 0.717) is 30.6 Å². The Bertz CT molecular complexity index is 1340. The molecular formula is C39H58N2O7S. The van der Waals surface area contributed by atoms with Gasteiger partial charge in [-0.3, -0.25) is 0 Å². The van der Waals surface area contributed by atoms with Gasteiger partial charge in [0.1, 0.15) is 17.1 Å². The summed E-state index contributed by atoms with van der Waals surface area (Å²) in [6, 6.07) is 5.72. The highest BCUT2D eigenvalue weighted by Crippen LogP contribution is 2.63. The van der Waals surface area contributed by atoms with Gasteiger partial charge < -0.3 is 34.6 Å². The first-order valence-corrected chi connectivity index (χ1v) is 19.5. The maximum Gasteiger partial charge on any atom is 0.412 e. The zero-order chi connectivity index (χ0) is 35.0. The Morgan fingerprint density at radius 2 is 1.88 bits per heavy atom. The van der Waals surface area contributed by atoms with E-state index in [1.165, 1.54) is 25.7 Å². The van der Waals surface area contributed by atoms with Crippen molar-refractivity contribution in [2.24, 2.45) is 22.9 Å². The minimum absolute atomic E-state index is 0.0454. The van der Waals surface area contributed by atoms with E-state index in [-0.39, 0.29) is 42.1 Å². The molecule has 3 N–H and O–H groups in total. The van der Waals surface area contributed by atoms with Gasteiger partial charge in [-0.15, -0.1) is 18.3 Å². The molecule has 1 aromatic carbocycles. The molecule has 272 valence electrons. The largest absolute Gasteiger partial charge is 0.460 e. The third kappa shape index (κ3) is 8.86. The summed E-state index contributed by atoms with van der Waals surface area (Å²) >= 11 is 1.98. The number of rotatable bonds is 16. The predicted octanol–water partition coefficient (Wildman–Crippen LogP) is 7.90. The summed E-state index contributed by atoms with van der Waals surface area (Å²) < 4.78 is 20.0. The SMILES string of the molecule is C=CCOC12Oc3ccc(OC(=O)NCC)cc3C3C(CCCCO)C(CCCCO)C=C(C(=NOC(C)(C)C)CC1SC1CCCC1)C32. The standard InChI is InChI=1S/C39H58N2O7S/c1-6-22-45-39-34(49-28-15-8-9-16-28)25-32(41-48-38(3,4)5)30-23-26(14-10-12-20-42)29(17-11-13-21-43)35(36(30)39)31-24-27(18-19-33(31)47-39)46-37(44)40-7-2/h6,18-19,23-24,26,28-29,34-36,42-43H,1,7-17,20-22,25H2,2-5H3,(H,40,44). The van der Waals surface area contributed by atoms with Crippen LogP contribution >= 0.6 is 11.8 Å². The Hall–Kier alpha value is -2.53. The van der Waals surface area contributed by atoms with Gasteiger partial charge in [-0.2, -0.15) is 0 Å². The van der Waals surface area contributed by atoms with E-state index in [1.807, 2.05) is 51.6 Å². The summed E-state index contributed by atoms with van der Waals surface area (Å²) in [4.78, 5) is 18.7. The number of carbonyl (C=O) groups is 1. The lowest BCUT2D eigenvalue weighted by molar-refractivity contribution is -0.223. The number of fused-ring (bicyclic) bond motifs is 2. The fourth-order valence-electron chi connectivity index (χ4n) is 8.24. The van der Waals surface area contributed by atoms with Crippen LogP contribution in [0.25, 0.3) is 0 Å². The number of unbranched alkanes of at least 4 members (excludes halogenated alkanes) is 2. The van der Waals surface area contributed by atoms with Crippen LogP contribution in [-0.4, -0.2) is 70.3 Å². The summed E-state index contributed by atoms with van der Waals surface area (Å²) in [6.45, 7) is 13.1. The number of amides is 1. The summed E-state index contributed by atoms with van der Waals surface area (Å²) in [7, 11) is 0. The number of ether oxygens (including phenoxy) is 3. The zero-order valence-electron chi connectivity index (χ0n) is 30.0. The van der Waals surface area contributed by atoms with Crippen LogP contribution in [0.5, 0.6) is 11.5 Å². The Morgan fingerprint density at radius 1 is 1.14 bits per heavy atom. The van der Waals surface area contributed by atoms with Crippen LogP contribution in [0.4, 0.5) is 4.79 Å². The van der Waals surface area contributed by atoms with E-state index in [2.05, 4.69) is 18.0 Å². The predicted molar refractivity (Wildman–Crippen MR) is 195 cm³/mol. The van der Waals surface area contributed by atoms with Crippen molar-refractivity contribution in [2.45, 2.75) is 126 Å². The Balaban J connectivity index is 1.72. The van der Waals surface area contributed by atoms with Crippen LogP contribution < -0.4 is 14.8 Å². The minimum atomic E-state index is -0.987. The van der Waals surface area contributed by atoms with E-state index >= 15 is 0 Å². The third-order valence-electron chi connectivity index (χ3n) is 10.2. The van der Waals surface area contributed by atoms with Crippen molar-refractivity contribution in [3.05, 3.63) is 48.1 Å². The number of hydrogen-bond acceptors (Lipinski definition) is 9. The van der Waals surface area contributed by atoms with Gasteiger partial charge >= 0.3 is 6.09 Å². The third-order valence-corrected chi connectivity index (χ3v) is 11.9. The number of nitrogens with one attached hydrogen (secondary N) is 1. The van der Waals surface area contributed by atoms with Gasteiger partial charge in [0, 0.05) is 42.9 Å². The lowest BCUT2D eigenvalue weighted by atomic mass is 9.56. The molecule has 0 aromatic heterocycles. The summed E-state index contributed by atoms with van der Waals surface area (Å²) in [5, 5.41) is 27.6. The summed E-state index contributed by atoms with van der Waals surface area (Å²) in [6.07, 6.45) is 14.2. The fourth-order valence-corrected chi connectivity index (χ4v) is 10.0. The molecule has 0 bridgehead atoms. The van der Waals surface area contributed by atoms with E-state index in [1.54, 1.807) is 12.1 Å². The molecule has 0 saturated heterocycles. The monoisotopic (exact) mass is 698 g/mol. The zero-order valence-corrected chi connectivity index (χ0v) is 30.8. The fraction of sp³-hybridized carbons (Fsp3) is 0.692. The maximum absolute atomic E-state index is 12.6. The first kappa shape index (κ1) is 37.7. The molecule has 6 unspecified atom stereocenters. The number of carbonyl (C=O) groups excluding carboxylic acids is 1. The number of aliphatic hydroxyl groups is 2. The molecule has 3 aliphatic carbocycles. The smallest absolute Gasteiger partial charge is 0.412 e. The molecule has 1 heterocycles. The van der Waals surface area contributed by atoms with Crippen LogP contribution in [0.15, 0.2) is 47.7 Å². The average Bonchev–Trinajstić information content (AvgIpc) is 3.58. The van der Waals surface area contributed by atoms with Crippen LogP contribution in [-0.2, 0) is 9.57 Å². The highest BCUT2D eigenvalue weighted by molar-refractivity contribution is 8.00. The molecule has 2 fully saturated rings. The van der Waals surface area contributed by atoms with Crippen molar-refractivity contribution < 1.29 is 34.1 Å². The highest BCUT2D eigenvalue weighted by atomic mass is 32.2. The molecular weight excluding hydrogens is 641 g/mol. The molecule has 1 aliphatic heterocycles. The average molecular weight is 699 g/mol. The van der Waals surface area contributed by atoms with Crippen LogP contribution in [0.1, 0.15) is 110 Å². The van der Waals surface area contributed by atoms with Gasteiger partial charge in [-0.05, 0) is 102 Å². The lowest BCUT2D eigenvalue weighted by Gasteiger charge is -2.58. The second-order valence-corrected chi connectivity index (χ2v) is 16.4. The summed E-state index contributed by atoms with van der Waals surface area (Å²) in [5.74, 6) is 0.356. The van der Waals surface area contributed by atoms with Crippen LogP contribution in [0.3, 0.4) is 0 Å². The van der Waals surface area contributed by atoms with Gasteiger partial charge in [-0.1, -0.05) is 43.0 Å². The van der Waals surface area contributed by atoms with E-state index < -0.39 is 17.5 Å². The van der Waals surface area contributed by atoms with Crippen molar-refractivity contribution in [3.63, 3.8) is 0 Å². The number of aliphatic hydroxyl groups excluding tert-OH is 2. The van der Waals surface area contributed by atoms with Crippen molar-refractivity contribution in [3.8, 4) is 11.5 Å². The highest BCUT2D eigenvalue weighted by Gasteiger charge is 2.64. The van der Waals surface area contributed by atoms with Crippen molar-refractivity contribution in [2.75, 3.05) is 26.4 Å². The molecule has 49 heavy (non-hydrogen) atoms. The van der Waals surface area contributed by atoms with E-state index in [4.69, 9.17) is 24.2 Å². The number of oxime groups is 1. The topological polar surface area (TPSA) is 119 Å². The molecule has 0 spiro atoms.